The number of aromatic amines is 1. The summed E-state index contributed by atoms with van der Waals surface area (Å²) in [4.78, 5) is 3.36. The van der Waals surface area contributed by atoms with E-state index in [2.05, 4.69) is 4.98 Å². The number of aromatic nitrogens is 1. The van der Waals surface area contributed by atoms with Crippen LogP contribution in [0.2, 0.25) is 0 Å². The molecule has 0 unspecified atom stereocenters. The average molecular weight is 307 g/mol. The first kappa shape index (κ1) is 14.4. The molecule has 1 saturated carbocycles. The highest BCUT2D eigenvalue weighted by atomic mass is 32.2. The van der Waals surface area contributed by atoms with Gasteiger partial charge in [-0.25, -0.2) is 8.42 Å². The third kappa shape index (κ3) is 2.78. The van der Waals surface area contributed by atoms with Crippen LogP contribution >= 0.6 is 0 Å². The van der Waals surface area contributed by atoms with Crippen LogP contribution in [0.3, 0.4) is 0 Å². The van der Waals surface area contributed by atoms with Crippen molar-refractivity contribution in [3.8, 4) is 0 Å². The minimum Gasteiger partial charge on any atom is -0.399 e. The maximum Gasteiger partial charge on any atom is 0.245 e. The summed E-state index contributed by atoms with van der Waals surface area (Å²) in [6.07, 6.45) is 4.67. The zero-order valence-electron chi connectivity index (χ0n) is 12.2. The highest BCUT2D eigenvalue weighted by molar-refractivity contribution is 7.89. The summed E-state index contributed by atoms with van der Waals surface area (Å²) in [6.45, 7) is 3.20. The predicted molar refractivity (Wildman–Crippen MR) is 84.5 cm³/mol. The van der Waals surface area contributed by atoms with Crippen molar-refractivity contribution in [3.05, 3.63) is 24.4 Å². The quantitative estimate of drug-likeness (QED) is 0.805. The molecule has 1 fully saturated rings. The predicted octanol–water partition coefficient (Wildman–Crippen LogP) is 2.56. The highest BCUT2D eigenvalue weighted by Crippen LogP contribution is 2.33. The molecule has 6 heteroatoms. The van der Waals surface area contributed by atoms with Gasteiger partial charge in [-0.1, -0.05) is 6.92 Å². The first-order chi connectivity index (χ1) is 10.0. The summed E-state index contributed by atoms with van der Waals surface area (Å²) in [5.74, 6) is 0.529. The molecular formula is C15H21N3O2S. The second kappa shape index (κ2) is 5.35. The largest absolute Gasteiger partial charge is 0.399 e. The van der Waals surface area contributed by atoms with Crippen LogP contribution in [0.1, 0.15) is 26.2 Å². The van der Waals surface area contributed by atoms with Gasteiger partial charge in [0, 0.05) is 35.9 Å². The third-order valence-electron chi connectivity index (χ3n) is 3.92. The second-order valence-corrected chi connectivity index (χ2v) is 7.67. The number of nitrogens with one attached hydrogen (secondary N) is 1. The van der Waals surface area contributed by atoms with Crippen molar-refractivity contribution in [1.82, 2.24) is 9.29 Å². The summed E-state index contributed by atoms with van der Waals surface area (Å²) >= 11 is 0. The number of anilines is 1. The van der Waals surface area contributed by atoms with Gasteiger partial charge in [-0.15, -0.1) is 0 Å². The number of hydrogen-bond acceptors (Lipinski definition) is 3. The molecule has 1 aliphatic rings. The van der Waals surface area contributed by atoms with E-state index < -0.39 is 10.0 Å². The highest BCUT2D eigenvalue weighted by Gasteiger charge is 2.32. The Morgan fingerprint density at radius 3 is 2.81 bits per heavy atom. The lowest BCUT2D eigenvalue weighted by Crippen LogP contribution is -2.33. The molecule has 3 N–H and O–H groups in total. The van der Waals surface area contributed by atoms with Crippen molar-refractivity contribution in [2.75, 3.05) is 18.8 Å². The van der Waals surface area contributed by atoms with Crippen LogP contribution < -0.4 is 5.73 Å². The Morgan fingerprint density at radius 2 is 2.14 bits per heavy atom. The number of fused-ring (bicyclic) bond motifs is 1. The number of nitrogens with zero attached hydrogens (tertiary/aromatic N) is 1. The second-order valence-electron chi connectivity index (χ2n) is 5.76. The van der Waals surface area contributed by atoms with Crippen LogP contribution in [0.15, 0.2) is 29.3 Å². The standard InChI is InChI=1S/C15H21N3O2S/c1-2-7-18(10-11-3-4-11)21(19,20)15-9-17-14-6-5-12(16)8-13(14)15/h5-6,8-9,11,17H,2-4,7,10,16H2,1H3. The molecule has 5 nitrogen and oxygen atoms in total. The van der Waals surface area contributed by atoms with Gasteiger partial charge in [0.05, 0.1) is 0 Å². The fourth-order valence-corrected chi connectivity index (χ4v) is 4.38. The molecule has 114 valence electrons. The third-order valence-corrected chi connectivity index (χ3v) is 5.82. The van der Waals surface area contributed by atoms with E-state index >= 15 is 0 Å². The van der Waals surface area contributed by atoms with Gasteiger partial charge >= 0.3 is 0 Å². The van der Waals surface area contributed by atoms with E-state index in [1.807, 2.05) is 13.0 Å². The van der Waals surface area contributed by atoms with E-state index in [4.69, 9.17) is 5.73 Å². The number of rotatable bonds is 6. The normalized spacial score (nSPS) is 15.9. The number of nitrogens with two attached hydrogens (primary N) is 1. The first-order valence-electron chi connectivity index (χ1n) is 7.39. The molecule has 3 rings (SSSR count). The number of H-pyrrole nitrogens is 1. The number of nitrogen functional groups attached to an aromatic ring is 1. The monoisotopic (exact) mass is 307 g/mol. The van der Waals surface area contributed by atoms with Crippen molar-refractivity contribution in [2.45, 2.75) is 31.1 Å². The van der Waals surface area contributed by atoms with E-state index in [-0.39, 0.29) is 0 Å². The molecule has 21 heavy (non-hydrogen) atoms. The molecule has 0 bridgehead atoms. The zero-order valence-corrected chi connectivity index (χ0v) is 13.0. The van der Waals surface area contributed by atoms with E-state index in [0.29, 0.717) is 35.0 Å². The van der Waals surface area contributed by atoms with Crippen molar-refractivity contribution >= 4 is 26.6 Å². The summed E-state index contributed by atoms with van der Waals surface area (Å²) < 4.78 is 27.5. The average Bonchev–Trinajstić information content (AvgIpc) is 3.15. The van der Waals surface area contributed by atoms with Crippen LogP contribution in [0.4, 0.5) is 5.69 Å². The van der Waals surface area contributed by atoms with Gasteiger partial charge in [0.2, 0.25) is 10.0 Å². The molecule has 0 atom stereocenters. The Kier molecular flexibility index (Phi) is 3.67. The Balaban J connectivity index is 2.02. The molecule has 0 radical (unpaired) electrons. The molecule has 0 saturated heterocycles. The molecule has 0 aliphatic heterocycles. The number of hydrogen-bond donors (Lipinski definition) is 2. The van der Waals surface area contributed by atoms with Crippen LogP contribution in [0.5, 0.6) is 0 Å². The maximum absolute atomic E-state index is 12.9. The van der Waals surface area contributed by atoms with E-state index in [1.165, 1.54) is 0 Å². The summed E-state index contributed by atoms with van der Waals surface area (Å²) in [6, 6.07) is 5.30. The van der Waals surface area contributed by atoms with Crippen LogP contribution in [-0.4, -0.2) is 30.8 Å². The smallest absolute Gasteiger partial charge is 0.245 e. The Morgan fingerprint density at radius 1 is 1.38 bits per heavy atom. The van der Waals surface area contributed by atoms with Gasteiger partial charge in [0.25, 0.3) is 0 Å². The molecular weight excluding hydrogens is 286 g/mol. The van der Waals surface area contributed by atoms with Crippen molar-refractivity contribution in [3.63, 3.8) is 0 Å². The van der Waals surface area contributed by atoms with Crippen LogP contribution in [0, 0.1) is 5.92 Å². The zero-order chi connectivity index (χ0) is 15.0. The maximum atomic E-state index is 12.9. The summed E-state index contributed by atoms with van der Waals surface area (Å²) in [7, 11) is -3.47. The van der Waals surface area contributed by atoms with Gasteiger partial charge in [0.15, 0.2) is 0 Å². The van der Waals surface area contributed by atoms with Gasteiger partial charge in [0.1, 0.15) is 4.90 Å². The van der Waals surface area contributed by atoms with Gasteiger partial charge in [-0.2, -0.15) is 4.31 Å². The Hall–Kier alpha value is -1.53. The molecule has 1 heterocycles. The molecule has 1 aliphatic carbocycles. The number of benzene rings is 1. The molecule has 1 aromatic carbocycles. The van der Waals surface area contributed by atoms with Gasteiger partial charge < -0.3 is 10.7 Å². The van der Waals surface area contributed by atoms with Gasteiger partial charge in [-0.05, 0) is 43.4 Å². The van der Waals surface area contributed by atoms with Crippen LogP contribution in [0.25, 0.3) is 10.9 Å². The Labute approximate surface area is 125 Å². The van der Waals surface area contributed by atoms with E-state index in [0.717, 1.165) is 24.8 Å². The van der Waals surface area contributed by atoms with Crippen molar-refractivity contribution < 1.29 is 8.42 Å². The van der Waals surface area contributed by atoms with E-state index in [9.17, 15) is 8.42 Å². The molecule has 2 aromatic rings. The minimum absolute atomic E-state index is 0.332. The van der Waals surface area contributed by atoms with E-state index in [1.54, 1.807) is 22.6 Å². The lowest BCUT2D eigenvalue weighted by Gasteiger charge is -2.21. The topological polar surface area (TPSA) is 79.2 Å². The van der Waals surface area contributed by atoms with Crippen molar-refractivity contribution in [2.24, 2.45) is 5.92 Å². The fourth-order valence-electron chi connectivity index (χ4n) is 2.61. The number of sulfonamides is 1. The lowest BCUT2D eigenvalue weighted by molar-refractivity contribution is 0.396. The first-order valence-corrected chi connectivity index (χ1v) is 8.83. The molecule has 0 spiro atoms. The van der Waals surface area contributed by atoms with Gasteiger partial charge in [-0.3, -0.25) is 0 Å². The molecule has 0 amide bonds. The molecule has 1 aromatic heterocycles. The lowest BCUT2D eigenvalue weighted by atomic mass is 10.2. The summed E-state index contributed by atoms with van der Waals surface area (Å²) in [5, 5.41) is 0.673. The fraction of sp³-hybridized carbons (Fsp3) is 0.467. The Bertz CT molecular complexity index is 747. The van der Waals surface area contributed by atoms with Crippen LogP contribution in [-0.2, 0) is 10.0 Å². The SMILES string of the molecule is CCCN(CC1CC1)S(=O)(=O)c1c[nH]c2ccc(N)cc12. The summed E-state index contributed by atoms with van der Waals surface area (Å²) in [5.41, 5.74) is 7.17. The van der Waals surface area contributed by atoms with Crippen molar-refractivity contribution in [1.29, 1.82) is 0 Å². The minimum atomic E-state index is -3.47.